The highest BCUT2D eigenvalue weighted by Crippen LogP contribution is 2.38. The summed E-state index contributed by atoms with van der Waals surface area (Å²) in [6.45, 7) is -0.303. The number of nitrogens with one attached hydrogen (secondary N) is 1. The third-order valence-corrected chi connectivity index (χ3v) is 3.86. The fourth-order valence-corrected chi connectivity index (χ4v) is 2.44. The van der Waals surface area contributed by atoms with E-state index in [0.717, 1.165) is 6.08 Å². The van der Waals surface area contributed by atoms with Crippen LogP contribution in [0.3, 0.4) is 0 Å². The summed E-state index contributed by atoms with van der Waals surface area (Å²) in [6, 6.07) is 9.38. The van der Waals surface area contributed by atoms with Crippen molar-refractivity contribution in [2.24, 2.45) is 0 Å². The maximum Gasteiger partial charge on any atom is 0.331 e. The number of rotatable bonds is 9. The number of benzene rings is 2. The predicted octanol–water partition coefficient (Wildman–Crippen LogP) is 2.72. The Hall–Kier alpha value is -3.55. The lowest BCUT2D eigenvalue weighted by atomic mass is 10.1. The van der Waals surface area contributed by atoms with E-state index < -0.39 is 24.3 Å². The first kappa shape index (κ1) is 21.7. The normalized spacial score (nSPS) is 10.5. The molecule has 0 fully saturated rings. The summed E-state index contributed by atoms with van der Waals surface area (Å²) in [7, 11) is 4.48. The number of hydrogen-bond acceptors (Lipinski definition) is 6. The second kappa shape index (κ2) is 10.7. The fraction of sp³-hybridized carbons (Fsp3) is 0.238. The third-order valence-electron chi connectivity index (χ3n) is 3.86. The smallest absolute Gasteiger partial charge is 0.331 e. The number of esters is 1. The SMILES string of the molecule is COc1cc(CNC(=O)COC(=O)/C=C/c2ccccc2F)cc(OC)c1OC. The van der Waals surface area contributed by atoms with Crippen LogP contribution in [0.4, 0.5) is 4.39 Å². The van der Waals surface area contributed by atoms with Crippen LogP contribution in [0, 0.1) is 5.82 Å². The molecule has 154 valence electrons. The van der Waals surface area contributed by atoms with Crippen molar-refractivity contribution in [1.29, 1.82) is 0 Å². The summed E-state index contributed by atoms with van der Waals surface area (Å²) in [6.07, 6.45) is 2.34. The van der Waals surface area contributed by atoms with Crippen molar-refractivity contribution in [2.75, 3.05) is 27.9 Å². The minimum absolute atomic E-state index is 0.165. The molecule has 0 saturated carbocycles. The maximum absolute atomic E-state index is 13.5. The summed E-state index contributed by atoms with van der Waals surface area (Å²) < 4.78 is 34.1. The Morgan fingerprint density at radius 3 is 2.28 bits per heavy atom. The zero-order valence-electron chi connectivity index (χ0n) is 16.4. The van der Waals surface area contributed by atoms with Gasteiger partial charge in [-0.05, 0) is 29.8 Å². The predicted molar refractivity (Wildman–Crippen MR) is 104 cm³/mol. The van der Waals surface area contributed by atoms with Crippen molar-refractivity contribution >= 4 is 18.0 Å². The topological polar surface area (TPSA) is 83.1 Å². The number of hydrogen-bond donors (Lipinski definition) is 1. The van der Waals surface area contributed by atoms with Gasteiger partial charge >= 0.3 is 5.97 Å². The third kappa shape index (κ3) is 6.24. The molecular formula is C21H22FNO6. The molecule has 0 saturated heterocycles. The molecule has 0 aliphatic carbocycles. The first-order valence-electron chi connectivity index (χ1n) is 8.63. The van der Waals surface area contributed by atoms with E-state index in [1.54, 1.807) is 24.3 Å². The quantitative estimate of drug-likeness (QED) is 0.512. The maximum atomic E-state index is 13.5. The van der Waals surface area contributed by atoms with Crippen LogP contribution in [-0.4, -0.2) is 39.8 Å². The van der Waals surface area contributed by atoms with Crippen LogP contribution >= 0.6 is 0 Å². The zero-order chi connectivity index (χ0) is 21.2. The lowest BCUT2D eigenvalue weighted by Gasteiger charge is -2.14. The number of carbonyl (C=O) groups is 2. The molecule has 0 bridgehead atoms. The molecule has 0 aromatic heterocycles. The van der Waals surface area contributed by atoms with E-state index in [1.165, 1.54) is 39.5 Å². The molecule has 0 aliphatic rings. The van der Waals surface area contributed by atoms with Gasteiger partial charge in [0.1, 0.15) is 5.82 Å². The van der Waals surface area contributed by atoms with Gasteiger partial charge in [-0.3, -0.25) is 4.79 Å². The van der Waals surface area contributed by atoms with Crippen molar-refractivity contribution in [3.8, 4) is 17.2 Å². The molecule has 29 heavy (non-hydrogen) atoms. The van der Waals surface area contributed by atoms with Crippen molar-refractivity contribution in [1.82, 2.24) is 5.32 Å². The number of methoxy groups -OCH3 is 3. The summed E-state index contributed by atoms with van der Waals surface area (Å²) in [5.41, 5.74) is 0.954. The Morgan fingerprint density at radius 1 is 1.03 bits per heavy atom. The largest absolute Gasteiger partial charge is 0.493 e. The Balaban J connectivity index is 1.87. The zero-order valence-corrected chi connectivity index (χ0v) is 16.4. The standard InChI is InChI=1S/C21H22FNO6/c1-26-17-10-14(11-18(27-2)21(17)28-3)12-23-19(24)13-29-20(25)9-8-15-6-4-5-7-16(15)22/h4-11H,12-13H2,1-3H3,(H,23,24)/b9-8+. The second-order valence-corrected chi connectivity index (χ2v) is 5.77. The second-order valence-electron chi connectivity index (χ2n) is 5.77. The highest BCUT2D eigenvalue weighted by Gasteiger charge is 2.14. The Labute approximate surface area is 168 Å². The first-order valence-corrected chi connectivity index (χ1v) is 8.63. The van der Waals surface area contributed by atoms with E-state index >= 15 is 0 Å². The minimum atomic E-state index is -0.754. The van der Waals surface area contributed by atoms with Gasteiger partial charge in [-0.25, -0.2) is 9.18 Å². The van der Waals surface area contributed by atoms with Crippen LogP contribution < -0.4 is 19.5 Å². The van der Waals surface area contributed by atoms with Gasteiger partial charge in [0.15, 0.2) is 18.1 Å². The molecule has 7 nitrogen and oxygen atoms in total. The Morgan fingerprint density at radius 2 is 1.69 bits per heavy atom. The van der Waals surface area contributed by atoms with E-state index in [4.69, 9.17) is 18.9 Å². The number of halogens is 1. The molecular weight excluding hydrogens is 381 g/mol. The van der Waals surface area contributed by atoms with E-state index in [-0.39, 0.29) is 12.1 Å². The molecule has 2 aromatic rings. The van der Waals surface area contributed by atoms with Gasteiger partial charge in [-0.15, -0.1) is 0 Å². The van der Waals surface area contributed by atoms with Crippen LogP contribution in [-0.2, 0) is 20.9 Å². The highest BCUT2D eigenvalue weighted by molar-refractivity contribution is 5.89. The van der Waals surface area contributed by atoms with Crippen molar-refractivity contribution < 1.29 is 32.9 Å². The van der Waals surface area contributed by atoms with Crippen molar-refractivity contribution in [3.63, 3.8) is 0 Å². The molecule has 0 spiro atoms. The summed E-state index contributed by atoms with van der Waals surface area (Å²) in [5.74, 6) is -0.343. The molecule has 8 heteroatoms. The van der Waals surface area contributed by atoms with E-state index in [1.807, 2.05) is 0 Å². The summed E-state index contributed by atoms with van der Waals surface area (Å²) >= 11 is 0. The molecule has 0 radical (unpaired) electrons. The van der Waals surface area contributed by atoms with Gasteiger partial charge in [0.2, 0.25) is 5.75 Å². The molecule has 0 atom stereocenters. The van der Waals surface area contributed by atoms with Crippen LogP contribution in [0.1, 0.15) is 11.1 Å². The van der Waals surface area contributed by atoms with Gasteiger partial charge in [-0.1, -0.05) is 18.2 Å². The van der Waals surface area contributed by atoms with Gasteiger partial charge < -0.3 is 24.3 Å². The fourth-order valence-electron chi connectivity index (χ4n) is 2.44. The van der Waals surface area contributed by atoms with E-state index in [0.29, 0.717) is 22.8 Å². The monoisotopic (exact) mass is 403 g/mol. The number of amides is 1. The van der Waals surface area contributed by atoms with Crippen LogP contribution in [0.2, 0.25) is 0 Å². The summed E-state index contributed by atoms with van der Waals surface area (Å²) in [5, 5.41) is 2.63. The highest BCUT2D eigenvalue weighted by atomic mass is 19.1. The van der Waals surface area contributed by atoms with Crippen LogP contribution in [0.25, 0.3) is 6.08 Å². The number of ether oxygens (including phenoxy) is 4. The molecule has 1 N–H and O–H groups in total. The molecule has 0 unspecified atom stereocenters. The lowest BCUT2D eigenvalue weighted by Crippen LogP contribution is -2.28. The average Bonchev–Trinajstić information content (AvgIpc) is 2.74. The van der Waals surface area contributed by atoms with Gasteiger partial charge in [0.25, 0.3) is 5.91 Å². The number of carbonyl (C=O) groups excluding carboxylic acids is 2. The first-order chi connectivity index (χ1) is 14.0. The Kier molecular flexibility index (Phi) is 8.02. The van der Waals surface area contributed by atoms with E-state index in [9.17, 15) is 14.0 Å². The molecule has 0 aliphatic heterocycles. The van der Waals surface area contributed by atoms with Crippen molar-refractivity contribution in [3.05, 3.63) is 59.4 Å². The molecule has 0 heterocycles. The van der Waals surface area contributed by atoms with Crippen LogP contribution in [0.5, 0.6) is 17.2 Å². The summed E-state index contributed by atoms with van der Waals surface area (Å²) in [4.78, 5) is 23.6. The van der Waals surface area contributed by atoms with Crippen molar-refractivity contribution in [2.45, 2.75) is 6.54 Å². The minimum Gasteiger partial charge on any atom is -0.493 e. The average molecular weight is 403 g/mol. The Bertz CT molecular complexity index is 871. The molecule has 1 amide bonds. The van der Waals surface area contributed by atoms with Gasteiger partial charge in [-0.2, -0.15) is 0 Å². The van der Waals surface area contributed by atoms with Gasteiger partial charge in [0, 0.05) is 18.2 Å². The van der Waals surface area contributed by atoms with E-state index in [2.05, 4.69) is 5.32 Å². The molecule has 2 aromatic carbocycles. The molecule has 2 rings (SSSR count). The lowest BCUT2D eigenvalue weighted by molar-refractivity contribution is -0.143. The van der Waals surface area contributed by atoms with Crippen LogP contribution in [0.15, 0.2) is 42.5 Å². The van der Waals surface area contributed by atoms with Gasteiger partial charge in [0.05, 0.1) is 21.3 Å².